The predicted molar refractivity (Wildman–Crippen MR) is 124 cm³/mol. The number of benzene rings is 3. The number of amides is 1. The molecule has 0 fully saturated rings. The molecule has 0 saturated heterocycles. The molecule has 1 N–H and O–H groups in total. The van der Waals surface area contributed by atoms with Gasteiger partial charge in [0.25, 0.3) is 5.56 Å². The molecular formula is C25H22N4O5. The molecule has 1 heterocycles. The summed E-state index contributed by atoms with van der Waals surface area (Å²) in [7, 11) is 0. The Kier molecular flexibility index (Phi) is 7.24. The quantitative estimate of drug-likeness (QED) is 0.404. The number of alkyl carbamates (subject to hydrolysis) is 1. The number of carbonyl (C=O) groups excluding carboxylic acids is 2. The Hall–Kier alpha value is -4.53. The van der Waals surface area contributed by atoms with E-state index < -0.39 is 30.4 Å². The highest BCUT2D eigenvalue weighted by Crippen LogP contribution is 2.07. The summed E-state index contributed by atoms with van der Waals surface area (Å²) >= 11 is 0. The molecule has 0 radical (unpaired) electrons. The minimum atomic E-state index is -1.03. The van der Waals surface area contributed by atoms with Gasteiger partial charge in [0.1, 0.15) is 18.2 Å². The van der Waals surface area contributed by atoms with Gasteiger partial charge in [-0.1, -0.05) is 78.0 Å². The molecule has 9 nitrogen and oxygen atoms in total. The average molecular weight is 458 g/mol. The molecule has 0 bridgehead atoms. The number of nitrogens with one attached hydrogen (secondary N) is 1. The van der Waals surface area contributed by atoms with E-state index in [4.69, 9.17) is 9.47 Å². The van der Waals surface area contributed by atoms with Crippen molar-refractivity contribution in [2.45, 2.75) is 25.8 Å². The number of nitrogens with zero attached hydrogens (tertiary/aromatic N) is 3. The molecule has 1 atom stereocenters. The highest BCUT2D eigenvalue weighted by atomic mass is 16.6. The van der Waals surface area contributed by atoms with E-state index in [1.54, 1.807) is 24.3 Å². The number of hydrogen-bond acceptors (Lipinski definition) is 7. The smallest absolute Gasteiger partial charge is 0.408 e. The Bertz CT molecular complexity index is 1330. The first-order chi connectivity index (χ1) is 16.6. The van der Waals surface area contributed by atoms with E-state index in [0.29, 0.717) is 10.9 Å². The Morgan fingerprint density at radius 3 is 2.24 bits per heavy atom. The van der Waals surface area contributed by atoms with Crippen LogP contribution in [-0.2, 0) is 34.0 Å². The fraction of sp³-hybridized carbons (Fsp3) is 0.160. The molecule has 4 aromatic rings. The molecule has 4 rings (SSSR count). The van der Waals surface area contributed by atoms with E-state index in [9.17, 15) is 14.4 Å². The minimum absolute atomic E-state index is 0.0574. The van der Waals surface area contributed by atoms with Crippen molar-refractivity contribution in [2.24, 2.45) is 0 Å². The van der Waals surface area contributed by atoms with Gasteiger partial charge >= 0.3 is 12.1 Å². The van der Waals surface area contributed by atoms with E-state index >= 15 is 0 Å². The largest absolute Gasteiger partial charge is 0.445 e. The van der Waals surface area contributed by atoms with Crippen LogP contribution in [-0.4, -0.2) is 33.1 Å². The Labute approximate surface area is 194 Å². The van der Waals surface area contributed by atoms with Crippen molar-refractivity contribution in [3.63, 3.8) is 0 Å². The van der Waals surface area contributed by atoms with Crippen molar-refractivity contribution in [1.29, 1.82) is 0 Å². The van der Waals surface area contributed by atoms with E-state index in [0.717, 1.165) is 15.8 Å². The zero-order valence-electron chi connectivity index (χ0n) is 18.2. The summed E-state index contributed by atoms with van der Waals surface area (Å²) < 4.78 is 11.5. The monoisotopic (exact) mass is 458 g/mol. The van der Waals surface area contributed by atoms with E-state index in [1.165, 1.54) is 0 Å². The summed E-state index contributed by atoms with van der Waals surface area (Å²) in [5, 5.41) is 10.7. The molecular weight excluding hydrogens is 436 g/mol. The summed E-state index contributed by atoms with van der Waals surface area (Å²) in [5.74, 6) is -0.734. The van der Waals surface area contributed by atoms with Gasteiger partial charge in [-0.25, -0.2) is 9.59 Å². The van der Waals surface area contributed by atoms with Gasteiger partial charge < -0.3 is 14.8 Å². The second-order valence-corrected chi connectivity index (χ2v) is 7.45. The first kappa shape index (κ1) is 22.7. The van der Waals surface area contributed by atoms with Crippen LogP contribution < -0.4 is 10.9 Å². The molecule has 0 saturated carbocycles. The van der Waals surface area contributed by atoms with Gasteiger partial charge in [0, 0.05) is 6.42 Å². The molecule has 0 aliphatic rings. The summed E-state index contributed by atoms with van der Waals surface area (Å²) in [5.41, 5.74) is 1.64. The van der Waals surface area contributed by atoms with Crippen LogP contribution in [0.25, 0.3) is 10.9 Å². The zero-order valence-corrected chi connectivity index (χ0v) is 18.2. The third-order valence-corrected chi connectivity index (χ3v) is 5.03. The van der Waals surface area contributed by atoms with Gasteiger partial charge in [0.2, 0.25) is 0 Å². The highest BCUT2D eigenvalue weighted by molar-refractivity contribution is 5.81. The third-order valence-electron chi connectivity index (χ3n) is 5.03. The highest BCUT2D eigenvalue weighted by Gasteiger charge is 2.24. The van der Waals surface area contributed by atoms with Crippen LogP contribution in [0.1, 0.15) is 11.1 Å². The summed E-state index contributed by atoms with van der Waals surface area (Å²) in [6.45, 7) is -0.386. The maximum absolute atomic E-state index is 12.8. The first-order valence-corrected chi connectivity index (χ1v) is 10.6. The lowest BCUT2D eigenvalue weighted by Crippen LogP contribution is -2.44. The second-order valence-electron chi connectivity index (χ2n) is 7.45. The molecule has 0 spiro atoms. The molecule has 1 unspecified atom stereocenters. The van der Waals surface area contributed by atoms with E-state index in [-0.39, 0.29) is 13.0 Å². The lowest BCUT2D eigenvalue weighted by atomic mass is 10.1. The van der Waals surface area contributed by atoms with Crippen molar-refractivity contribution >= 4 is 23.0 Å². The summed E-state index contributed by atoms with van der Waals surface area (Å²) in [4.78, 5) is 37.8. The summed E-state index contributed by atoms with van der Waals surface area (Å²) in [6.07, 6.45) is -0.581. The molecule has 1 aromatic heterocycles. The Morgan fingerprint density at radius 1 is 0.853 bits per heavy atom. The standard InChI is InChI=1S/C25H22N4O5/c30-23-20-13-7-8-14-21(20)27-28-29(23)17-34-24(31)22(15-18-9-3-1-4-10-18)26-25(32)33-16-19-11-5-2-6-12-19/h1-14,22H,15-17H2,(H,26,32). The molecule has 1 amide bonds. The number of carbonyl (C=O) groups is 2. The van der Waals surface area contributed by atoms with Crippen LogP contribution in [0.15, 0.2) is 89.7 Å². The topological polar surface area (TPSA) is 112 Å². The van der Waals surface area contributed by atoms with Crippen molar-refractivity contribution in [3.05, 3.63) is 106 Å². The fourth-order valence-corrected chi connectivity index (χ4v) is 3.28. The number of rotatable bonds is 8. The van der Waals surface area contributed by atoms with Crippen molar-refractivity contribution in [2.75, 3.05) is 0 Å². The van der Waals surface area contributed by atoms with Gasteiger partial charge in [0.15, 0.2) is 6.73 Å². The first-order valence-electron chi connectivity index (χ1n) is 10.6. The van der Waals surface area contributed by atoms with Gasteiger partial charge in [0.05, 0.1) is 5.39 Å². The van der Waals surface area contributed by atoms with E-state index in [1.807, 2.05) is 60.7 Å². The van der Waals surface area contributed by atoms with Crippen LogP contribution >= 0.6 is 0 Å². The van der Waals surface area contributed by atoms with Crippen LogP contribution in [0, 0.1) is 0 Å². The Morgan fingerprint density at radius 2 is 1.50 bits per heavy atom. The molecule has 3 aromatic carbocycles. The van der Waals surface area contributed by atoms with Crippen LogP contribution in [0.2, 0.25) is 0 Å². The third kappa shape index (κ3) is 5.83. The lowest BCUT2D eigenvalue weighted by molar-refractivity contribution is -0.150. The van der Waals surface area contributed by atoms with Gasteiger partial charge in [-0.05, 0) is 23.3 Å². The minimum Gasteiger partial charge on any atom is -0.445 e. The number of aromatic nitrogens is 3. The molecule has 9 heteroatoms. The van der Waals surface area contributed by atoms with Crippen LogP contribution in [0.5, 0.6) is 0 Å². The average Bonchev–Trinajstić information content (AvgIpc) is 2.88. The van der Waals surface area contributed by atoms with Crippen LogP contribution in [0.3, 0.4) is 0 Å². The summed E-state index contributed by atoms with van der Waals surface area (Å²) in [6, 6.07) is 24.1. The lowest BCUT2D eigenvalue weighted by Gasteiger charge is -2.18. The molecule has 0 aliphatic heterocycles. The Balaban J connectivity index is 1.43. The molecule has 34 heavy (non-hydrogen) atoms. The number of esters is 1. The van der Waals surface area contributed by atoms with Crippen molar-refractivity contribution in [3.8, 4) is 0 Å². The number of hydrogen-bond donors (Lipinski definition) is 1. The molecule has 0 aliphatic carbocycles. The SMILES string of the molecule is O=C(NC(Cc1ccccc1)C(=O)OCn1nnc2ccccc2c1=O)OCc1ccccc1. The number of fused-ring (bicyclic) bond motifs is 1. The van der Waals surface area contributed by atoms with Crippen molar-refractivity contribution < 1.29 is 19.1 Å². The van der Waals surface area contributed by atoms with Crippen LogP contribution in [0.4, 0.5) is 4.79 Å². The van der Waals surface area contributed by atoms with Gasteiger partial charge in [-0.3, -0.25) is 4.79 Å². The zero-order chi connectivity index (χ0) is 23.8. The predicted octanol–water partition coefficient (Wildman–Crippen LogP) is 2.83. The normalized spacial score (nSPS) is 11.5. The van der Waals surface area contributed by atoms with Crippen molar-refractivity contribution in [1.82, 2.24) is 20.3 Å². The fourth-order valence-electron chi connectivity index (χ4n) is 3.28. The molecule has 172 valence electrons. The maximum Gasteiger partial charge on any atom is 0.408 e. The maximum atomic E-state index is 12.8. The van der Waals surface area contributed by atoms with Gasteiger partial charge in [-0.2, -0.15) is 4.68 Å². The second kappa shape index (κ2) is 10.9. The van der Waals surface area contributed by atoms with E-state index in [2.05, 4.69) is 15.6 Å². The number of ether oxygens (including phenoxy) is 2. The van der Waals surface area contributed by atoms with Gasteiger partial charge in [-0.15, -0.1) is 5.10 Å².